The van der Waals surface area contributed by atoms with Crippen molar-refractivity contribution in [3.63, 3.8) is 0 Å². The van der Waals surface area contributed by atoms with Gasteiger partial charge in [0.1, 0.15) is 39.5 Å². The summed E-state index contributed by atoms with van der Waals surface area (Å²) in [4.78, 5) is 21.8. The molecule has 12 heteroatoms. The van der Waals surface area contributed by atoms with Crippen LogP contribution < -0.4 is 10.1 Å². The summed E-state index contributed by atoms with van der Waals surface area (Å²) in [6.45, 7) is 1.79. The van der Waals surface area contributed by atoms with E-state index in [0.717, 1.165) is 12.8 Å². The quantitative estimate of drug-likeness (QED) is 0.459. The van der Waals surface area contributed by atoms with E-state index in [2.05, 4.69) is 15.3 Å². The number of rotatable bonds is 7. The van der Waals surface area contributed by atoms with Gasteiger partial charge in [-0.1, -0.05) is 6.42 Å². The van der Waals surface area contributed by atoms with Crippen LogP contribution in [-0.4, -0.2) is 61.2 Å². The van der Waals surface area contributed by atoms with Gasteiger partial charge in [0, 0.05) is 13.1 Å². The van der Waals surface area contributed by atoms with Gasteiger partial charge in [0.2, 0.25) is 10.0 Å². The normalized spacial score (nSPS) is 18.6. The summed E-state index contributed by atoms with van der Waals surface area (Å²) >= 11 is 1.20. The van der Waals surface area contributed by atoms with Gasteiger partial charge in [0.05, 0.1) is 30.5 Å². The molecule has 2 unspecified atom stereocenters. The van der Waals surface area contributed by atoms with Crippen LogP contribution in [0.2, 0.25) is 0 Å². The van der Waals surface area contributed by atoms with Gasteiger partial charge in [-0.2, -0.15) is 4.31 Å². The van der Waals surface area contributed by atoms with Crippen molar-refractivity contribution in [2.24, 2.45) is 0 Å². The summed E-state index contributed by atoms with van der Waals surface area (Å²) in [5.74, 6) is -0.261. The smallest absolute Gasteiger partial charge is 0.348 e. The first-order chi connectivity index (χ1) is 16.6. The van der Waals surface area contributed by atoms with E-state index in [4.69, 9.17) is 9.47 Å². The lowest BCUT2D eigenvalue weighted by molar-refractivity contribution is 0.0605. The molecule has 1 aromatic carbocycles. The van der Waals surface area contributed by atoms with Gasteiger partial charge in [-0.15, -0.1) is 11.3 Å². The Morgan fingerprint density at radius 2 is 2.00 bits per heavy atom. The first-order valence-corrected chi connectivity index (χ1v) is 13.7. The molecule has 2 atom stereocenters. The minimum absolute atomic E-state index is 0.247. The largest absolute Gasteiger partial charge is 0.486 e. The minimum Gasteiger partial charge on any atom is -0.486 e. The molecule has 2 aromatic heterocycles. The number of halogens is 1. The van der Waals surface area contributed by atoms with Gasteiger partial charge >= 0.3 is 5.97 Å². The summed E-state index contributed by atoms with van der Waals surface area (Å²) in [7, 11) is -0.558. The maximum Gasteiger partial charge on any atom is 0.348 e. The van der Waals surface area contributed by atoms with Crippen molar-refractivity contribution in [1.29, 1.82) is 0 Å². The van der Waals surface area contributed by atoms with E-state index < -0.39 is 27.9 Å². The number of ether oxygens (including phenoxy) is 2. The second kappa shape index (κ2) is 10.0. The first kappa shape index (κ1) is 25.3. The summed E-state index contributed by atoms with van der Waals surface area (Å²) in [6.07, 6.45) is 5.17. The lowest BCUT2D eigenvalue weighted by Gasteiger charge is -2.37. The lowest BCUT2D eigenvalue weighted by Crippen LogP contribution is -2.48. The number of likely N-dealkylation sites (N-methyl/N-ethyl adjacent to an activating group) is 1. The Balaban J connectivity index is 1.69. The molecule has 0 bridgehead atoms. The minimum atomic E-state index is -3.42. The number of carbonyl (C=O) groups is 1. The lowest BCUT2D eigenvalue weighted by atomic mass is 9.92. The van der Waals surface area contributed by atoms with Crippen molar-refractivity contribution in [3.05, 3.63) is 40.8 Å². The van der Waals surface area contributed by atoms with Crippen molar-refractivity contribution in [2.75, 3.05) is 25.7 Å². The third-order valence-corrected chi connectivity index (χ3v) is 8.73. The molecule has 1 fully saturated rings. The van der Waals surface area contributed by atoms with Crippen molar-refractivity contribution >= 4 is 49.1 Å². The third kappa shape index (κ3) is 5.24. The Morgan fingerprint density at radius 3 is 2.71 bits per heavy atom. The van der Waals surface area contributed by atoms with E-state index in [9.17, 15) is 17.6 Å². The number of nitrogens with one attached hydrogen (secondary N) is 1. The molecular weight excluding hydrogens is 495 g/mol. The van der Waals surface area contributed by atoms with Gasteiger partial charge in [0.25, 0.3) is 0 Å². The number of thiophene rings is 1. The monoisotopic (exact) mass is 522 g/mol. The molecule has 0 saturated heterocycles. The molecule has 9 nitrogen and oxygen atoms in total. The van der Waals surface area contributed by atoms with Crippen molar-refractivity contribution in [2.45, 2.75) is 44.8 Å². The average molecular weight is 523 g/mol. The Hall–Kier alpha value is -2.83. The molecule has 0 radical (unpaired) electrons. The molecule has 3 aromatic rings. The van der Waals surface area contributed by atoms with Crippen LogP contribution in [0.3, 0.4) is 0 Å². The van der Waals surface area contributed by atoms with E-state index >= 15 is 0 Å². The number of aryl methyl sites for hydroxylation is 1. The number of hydrogen-bond acceptors (Lipinski definition) is 9. The average Bonchev–Trinajstić information content (AvgIpc) is 3.17. The molecule has 35 heavy (non-hydrogen) atoms. The molecule has 1 aliphatic carbocycles. The zero-order valence-electron chi connectivity index (χ0n) is 19.9. The number of aromatic nitrogens is 2. The number of sulfonamides is 1. The molecule has 1 aliphatic rings. The van der Waals surface area contributed by atoms with E-state index in [-0.39, 0.29) is 11.8 Å². The SMILES string of the molecule is COC(=O)c1sc2ncnc(Nc3ccc(F)cc3OC3CCCCC3N(C)S(C)(=O)=O)c2c1C. The van der Waals surface area contributed by atoms with Gasteiger partial charge < -0.3 is 14.8 Å². The van der Waals surface area contributed by atoms with Crippen LogP contribution in [0.1, 0.15) is 40.9 Å². The number of hydrogen-bond donors (Lipinski definition) is 1. The molecule has 1 N–H and O–H groups in total. The van der Waals surface area contributed by atoms with E-state index in [1.54, 1.807) is 20.0 Å². The highest BCUT2D eigenvalue weighted by Crippen LogP contribution is 2.38. The molecule has 0 amide bonds. The fourth-order valence-electron chi connectivity index (χ4n) is 4.32. The first-order valence-electron chi connectivity index (χ1n) is 11.1. The predicted octanol–water partition coefficient (Wildman–Crippen LogP) is 4.25. The van der Waals surface area contributed by atoms with Crippen molar-refractivity contribution in [1.82, 2.24) is 14.3 Å². The second-order valence-corrected chi connectivity index (χ2v) is 11.5. The van der Waals surface area contributed by atoms with Crippen LogP contribution in [0.5, 0.6) is 5.75 Å². The van der Waals surface area contributed by atoms with Crippen LogP contribution in [-0.2, 0) is 14.8 Å². The van der Waals surface area contributed by atoms with Crippen LogP contribution in [0.15, 0.2) is 24.5 Å². The summed E-state index contributed by atoms with van der Waals surface area (Å²) in [5, 5.41) is 3.85. The molecule has 2 heterocycles. The second-order valence-electron chi connectivity index (χ2n) is 8.50. The topological polar surface area (TPSA) is 111 Å². The highest BCUT2D eigenvalue weighted by atomic mass is 32.2. The van der Waals surface area contributed by atoms with Gasteiger partial charge in [-0.3, -0.25) is 0 Å². The van der Waals surface area contributed by atoms with Crippen LogP contribution in [0.25, 0.3) is 10.2 Å². The highest BCUT2D eigenvalue weighted by molar-refractivity contribution is 7.88. The fourth-order valence-corrected chi connectivity index (χ4v) is 6.12. The number of carbonyl (C=O) groups excluding carboxylic acids is 1. The number of benzene rings is 1. The summed E-state index contributed by atoms with van der Waals surface area (Å²) in [6, 6.07) is 3.75. The number of methoxy groups -OCH3 is 1. The number of nitrogens with zero attached hydrogens (tertiary/aromatic N) is 3. The van der Waals surface area contributed by atoms with E-state index in [1.807, 2.05) is 0 Å². The zero-order valence-corrected chi connectivity index (χ0v) is 21.5. The van der Waals surface area contributed by atoms with Crippen molar-refractivity contribution in [3.8, 4) is 5.75 Å². The number of anilines is 2. The number of esters is 1. The predicted molar refractivity (Wildman–Crippen MR) is 132 cm³/mol. The molecule has 0 aliphatic heterocycles. The number of fused-ring (bicyclic) bond motifs is 1. The molecule has 0 spiro atoms. The summed E-state index contributed by atoms with van der Waals surface area (Å²) in [5.41, 5.74) is 1.13. The third-order valence-electron chi connectivity index (χ3n) is 6.23. The highest BCUT2D eigenvalue weighted by Gasteiger charge is 2.34. The Bertz CT molecular complexity index is 1360. The Kier molecular flexibility index (Phi) is 7.25. The summed E-state index contributed by atoms with van der Waals surface area (Å²) < 4.78 is 51.0. The van der Waals surface area contributed by atoms with Gasteiger partial charge in [0.15, 0.2) is 0 Å². The zero-order chi connectivity index (χ0) is 25.3. The van der Waals surface area contributed by atoms with Crippen molar-refractivity contribution < 1.29 is 27.1 Å². The fraction of sp³-hybridized carbons (Fsp3) is 0.435. The maximum atomic E-state index is 14.2. The van der Waals surface area contributed by atoms with E-state index in [1.165, 1.54) is 47.5 Å². The molecular formula is C23H27FN4O5S2. The van der Waals surface area contributed by atoms with E-state index in [0.29, 0.717) is 45.0 Å². The molecule has 4 rings (SSSR count). The molecule has 1 saturated carbocycles. The Labute approximate surface area is 207 Å². The van der Waals surface area contributed by atoms with Crippen LogP contribution in [0.4, 0.5) is 15.9 Å². The molecule has 188 valence electrons. The van der Waals surface area contributed by atoms with Gasteiger partial charge in [-0.25, -0.2) is 27.6 Å². The van der Waals surface area contributed by atoms with Crippen LogP contribution in [0, 0.1) is 12.7 Å². The van der Waals surface area contributed by atoms with Gasteiger partial charge in [-0.05, 0) is 43.9 Å². The maximum absolute atomic E-state index is 14.2. The standard InChI is InChI=1S/C23H27FN4O5S2/c1-13-19-21(25-12-26-22(19)34-20(13)23(29)32-3)27-15-10-9-14(24)11-18(15)33-17-8-6-5-7-16(17)28(2)35(4,30)31/h9-12,16-17H,5-8H2,1-4H3,(H,25,26,27). The Morgan fingerprint density at radius 1 is 1.26 bits per heavy atom. The van der Waals surface area contributed by atoms with Crippen LogP contribution >= 0.6 is 11.3 Å².